The van der Waals surface area contributed by atoms with Gasteiger partial charge in [0.15, 0.2) is 0 Å². The lowest BCUT2D eigenvalue weighted by Crippen LogP contribution is -2.40. The molecule has 0 saturated heterocycles. The van der Waals surface area contributed by atoms with Gasteiger partial charge in [-0.2, -0.15) is 0 Å². The predicted molar refractivity (Wildman–Crippen MR) is 60.7 cm³/mol. The molecule has 0 amide bonds. The average molecular weight is 223 g/mol. The predicted octanol–water partition coefficient (Wildman–Crippen LogP) is 1.32. The summed E-state index contributed by atoms with van der Waals surface area (Å²) in [6, 6.07) is 7.61. The number of carbonyl (C=O) groups excluding carboxylic acids is 1. The van der Waals surface area contributed by atoms with Gasteiger partial charge < -0.3 is 9.57 Å². The van der Waals surface area contributed by atoms with Crippen molar-refractivity contribution >= 4 is 5.97 Å². The van der Waals surface area contributed by atoms with E-state index in [1.165, 1.54) is 7.11 Å². The van der Waals surface area contributed by atoms with E-state index in [2.05, 4.69) is 4.84 Å². The van der Waals surface area contributed by atoms with Crippen LogP contribution in [-0.2, 0) is 19.8 Å². The highest BCUT2D eigenvalue weighted by atomic mass is 16.6. The quantitative estimate of drug-likeness (QED) is 0.617. The number of methoxy groups -OCH3 is 1. The van der Waals surface area contributed by atoms with Gasteiger partial charge >= 0.3 is 5.97 Å². The largest absolute Gasteiger partial charge is 0.468 e. The van der Waals surface area contributed by atoms with Crippen LogP contribution in [0.3, 0.4) is 0 Å². The Hall–Kier alpha value is -1.39. The minimum Gasteiger partial charge on any atom is -0.468 e. The molecule has 4 heteroatoms. The van der Waals surface area contributed by atoms with Gasteiger partial charge in [0.1, 0.15) is 5.41 Å². The lowest BCUT2D eigenvalue weighted by Gasteiger charge is -2.27. The average Bonchev–Trinajstić information content (AvgIpc) is 2.28. The Balaban J connectivity index is 3.21. The third-order valence-corrected chi connectivity index (χ3v) is 2.75. The number of hydrogen-bond acceptors (Lipinski definition) is 4. The van der Waals surface area contributed by atoms with Gasteiger partial charge in [-0.3, -0.25) is 4.79 Å². The van der Waals surface area contributed by atoms with E-state index < -0.39 is 5.41 Å². The van der Waals surface area contributed by atoms with E-state index in [9.17, 15) is 4.79 Å². The highest BCUT2D eigenvalue weighted by molar-refractivity contribution is 5.83. The molecule has 1 aromatic rings. The number of aryl methyl sites for hydroxylation is 1. The van der Waals surface area contributed by atoms with Gasteiger partial charge in [0.25, 0.3) is 0 Å². The Morgan fingerprint density at radius 2 is 2.06 bits per heavy atom. The smallest absolute Gasteiger partial charge is 0.318 e. The van der Waals surface area contributed by atoms with Crippen LogP contribution in [0.4, 0.5) is 0 Å². The molecule has 2 N–H and O–H groups in total. The molecule has 1 unspecified atom stereocenters. The van der Waals surface area contributed by atoms with Gasteiger partial charge in [0.05, 0.1) is 13.7 Å². The summed E-state index contributed by atoms with van der Waals surface area (Å²) >= 11 is 0. The van der Waals surface area contributed by atoms with Crippen LogP contribution >= 0.6 is 0 Å². The Morgan fingerprint density at radius 3 is 2.56 bits per heavy atom. The summed E-state index contributed by atoms with van der Waals surface area (Å²) in [6.07, 6.45) is 0. The topological polar surface area (TPSA) is 61.5 Å². The van der Waals surface area contributed by atoms with Crippen LogP contribution in [-0.4, -0.2) is 19.7 Å². The summed E-state index contributed by atoms with van der Waals surface area (Å²) in [4.78, 5) is 16.5. The fraction of sp³-hybridized carbons (Fsp3) is 0.417. The molecule has 0 bridgehead atoms. The van der Waals surface area contributed by atoms with Crippen molar-refractivity contribution in [1.29, 1.82) is 0 Å². The molecule has 0 aromatic heterocycles. The number of ether oxygens (including phenoxy) is 1. The third-order valence-electron chi connectivity index (χ3n) is 2.75. The summed E-state index contributed by atoms with van der Waals surface area (Å²) in [5.41, 5.74) is 1.01. The first-order chi connectivity index (χ1) is 7.56. The summed E-state index contributed by atoms with van der Waals surface area (Å²) < 4.78 is 4.80. The normalized spacial score (nSPS) is 14.2. The van der Waals surface area contributed by atoms with Crippen molar-refractivity contribution < 1.29 is 14.4 Å². The van der Waals surface area contributed by atoms with Crippen LogP contribution in [0, 0.1) is 6.92 Å². The first kappa shape index (κ1) is 12.7. The van der Waals surface area contributed by atoms with E-state index in [1.54, 1.807) is 6.92 Å². The Morgan fingerprint density at radius 1 is 1.44 bits per heavy atom. The number of benzene rings is 1. The van der Waals surface area contributed by atoms with Crippen molar-refractivity contribution in [3.63, 3.8) is 0 Å². The van der Waals surface area contributed by atoms with Crippen molar-refractivity contribution in [2.45, 2.75) is 19.3 Å². The molecule has 0 aliphatic rings. The second-order valence-corrected chi connectivity index (χ2v) is 3.95. The van der Waals surface area contributed by atoms with Gasteiger partial charge in [-0.15, -0.1) is 0 Å². The van der Waals surface area contributed by atoms with Crippen LogP contribution in [0.1, 0.15) is 18.1 Å². The standard InChI is InChI=1S/C12H17NO3/c1-9-6-4-5-7-10(9)12(2,8-16-13)11(14)15-3/h4-7H,8,13H2,1-3H3. The van der Waals surface area contributed by atoms with Crippen LogP contribution in [0.15, 0.2) is 24.3 Å². The van der Waals surface area contributed by atoms with Crippen LogP contribution < -0.4 is 5.90 Å². The fourth-order valence-electron chi connectivity index (χ4n) is 1.83. The van der Waals surface area contributed by atoms with E-state index in [0.29, 0.717) is 0 Å². The van der Waals surface area contributed by atoms with E-state index in [4.69, 9.17) is 10.6 Å². The third kappa shape index (κ3) is 2.23. The molecule has 16 heavy (non-hydrogen) atoms. The lowest BCUT2D eigenvalue weighted by atomic mass is 9.81. The Labute approximate surface area is 95.3 Å². The molecule has 1 rings (SSSR count). The number of carbonyl (C=O) groups is 1. The van der Waals surface area contributed by atoms with Gasteiger partial charge in [0, 0.05) is 0 Å². The highest BCUT2D eigenvalue weighted by Crippen LogP contribution is 2.28. The molecule has 0 aliphatic heterocycles. The van der Waals surface area contributed by atoms with Crippen LogP contribution in [0.2, 0.25) is 0 Å². The molecule has 0 radical (unpaired) electrons. The summed E-state index contributed by atoms with van der Waals surface area (Å²) in [5, 5.41) is 0. The number of rotatable bonds is 4. The lowest BCUT2D eigenvalue weighted by molar-refractivity contribution is -0.149. The van der Waals surface area contributed by atoms with E-state index in [1.807, 2.05) is 31.2 Å². The van der Waals surface area contributed by atoms with Gasteiger partial charge in [-0.25, -0.2) is 5.90 Å². The molecule has 0 heterocycles. The zero-order chi connectivity index (χ0) is 12.2. The highest BCUT2D eigenvalue weighted by Gasteiger charge is 2.37. The van der Waals surface area contributed by atoms with Crippen LogP contribution in [0.5, 0.6) is 0 Å². The van der Waals surface area contributed by atoms with Gasteiger partial charge in [0.2, 0.25) is 0 Å². The molecule has 88 valence electrons. The van der Waals surface area contributed by atoms with E-state index in [-0.39, 0.29) is 12.6 Å². The van der Waals surface area contributed by atoms with Crippen molar-refractivity contribution in [3.05, 3.63) is 35.4 Å². The van der Waals surface area contributed by atoms with Crippen LogP contribution in [0.25, 0.3) is 0 Å². The van der Waals surface area contributed by atoms with E-state index in [0.717, 1.165) is 11.1 Å². The van der Waals surface area contributed by atoms with Crippen molar-refractivity contribution in [1.82, 2.24) is 0 Å². The maximum absolute atomic E-state index is 11.8. The summed E-state index contributed by atoms with van der Waals surface area (Å²) in [6.45, 7) is 3.78. The first-order valence-electron chi connectivity index (χ1n) is 5.02. The zero-order valence-electron chi connectivity index (χ0n) is 9.82. The molecular formula is C12H17NO3. The number of hydrogen-bond donors (Lipinski definition) is 1. The molecule has 0 fully saturated rings. The van der Waals surface area contributed by atoms with Gasteiger partial charge in [-0.05, 0) is 25.0 Å². The SMILES string of the molecule is COC(=O)C(C)(CON)c1ccccc1C. The first-order valence-corrected chi connectivity index (χ1v) is 5.02. The van der Waals surface area contributed by atoms with Gasteiger partial charge in [-0.1, -0.05) is 24.3 Å². The van der Waals surface area contributed by atoms with Crippen molar-refractivity contribution in [3.8, 4) is 0 Å². The monoisotopic (exact) mass is 223 g/mol. The molecule has 4 nitrogen and oxygen atoms in total. The summed E-state index contributed by atoms with van der Waals surface area (Å²) in [7, 11) is 1.36. The molecule has 0 spiro atoms. The second kappa shape index (κ2) is 5.09. The molecule has 1 atom stereocenters. The zero-order valence-corrected chi connectivity index (χ0v) is 9.82. The number of nitrogens with two attached hydrogens (primary N) is 1. The second-order valence-electron chi connectivity index (χ2n) is 3.95. The Bertz CT molecular complexity index is 378. The van der Waals surface area contributed by atoms with E-state index >= 15 is 0 Å². The maximum Gasteiger partial charge on any atom is 0.318 e. The molecular weight excluding hydrogens is 206 g/mol. The number of esters is 1. The van der Waals surface area contributed by atoms with Crippen molar-refractivity contribution in [2.75, 3.05) is 13.7 Å². The fourth-order valence-corrected chi connectivity index (χ4v) is 1.83. The molecule has 0 aliphatic carbocycles. The minimum absolute atomic E-state index is 0.0878. The Kier molecular flexibility index (Phi) is 4.04. The van der Waals surface area contributed by atoms with Crippen molar-refractivity contribution in [2.24, 2.45) is 5.90 Å². The summed E-state index contributed by atoms with van der Waals surface area (Å²) in [5.74, 6) is 4.73. The minimum atomic E-state index is -0.866. The molecule has 1 aromatic carbocycles. The molecule has 0 saturated carbocycles. The maximum atomic E-state index is 11.8.